The highest BCUT2D eigenvalue weighted by molar-refractivity contribution is 5.96. The zero-order chi connectivity index (χ0) is 20.3. The van der Waals surface area contributed by atoms with E-state index in [4.69, 9.17) is 5.73 Å². The van der Waals surface area contributed by atoms with Crippen molar-refractivity contribution in [2.75, 3.05) is 20.6 Å². The summed E-state index contributed by atoms with van der Waals surface area (Å²) in [7, 11) is 4.36. The fourth-order valence-electron chi connectivity index (χ4n) is 5.89. The molecule has 3 aliphatic rings. The second-order valence-electron chi connectivity index (χ2n) is 9.66. The lowest BCUT2D eigenvalue weighted by atomic mass is 9.61. The summed E-state index contributed by atoms with van der Waals surface area (Å²) in [5, 5.41) is 22.7. The first-order valence-corrected chi connectivity index (χ1v) is 10.3. The van der Waals surface area contributed by atoms with Crippen molar-refractivity contribution in [2.45, 2.75) is 62.5 Å². The Bertz CT molecular complexity index is 830. The molecule has 1 aromatic rings. The third-order valence-corrected chi connectivity index (χ3v) is 7.55. The number of ketones is 1. The second kappa shape index (κ2) is 6.56. The molecule has 3 aliphatic carbocycles. The number of aliphatic hydroxyl groups is 1. The van der Waals surface area contributed by atoms with Crippen LogP contribution in [-0.2, 0) is 11.2 Å². The van der Waals surface area contributed by atoms with Crippen molar-refractivity contribution < 1.29 is 24.3 Å². The van der Waals surface area contributed by atoms with Crippen molar-refractivity contribution in [1.82, 2.24) is 0 Å². The maximum atomic E-state index is 12.3. The van der Waals surface area contributed by atoms with Gasteiger partial charge in [-0.15, -0.1) is 0 Å². The molecule has 0 aliphatic heterocycles. The minimum atomic E-state index is -1.08. The van der Waals surface area contributed by atoms with Crippen LogP contribution in [-0.4, -0.2) is 58.7 Å². The van der Waals surface area contributed by atoms with Crippen LogP contribution in [0.5, 0.6) is 5.75 Å². The highest BCUT2D eigenvalue weighted by Crippen LogP contribution is 2.53. The van der Waals surface area contributed by atoms with Gasteiger partial charge in [0.15, 0.2) is 0 Å². The monoisotopic (exact) mass is 387 g/mol. The largest absolute Gasteiger partial charge is 0.507 e. The van der Waals surface area contributed by atoms with Gasteiger partial charge in [0.2, 0.25) is 0 Å². The molecular weight excluding hydrogens is 356 g/mol. The number of hydrogen-bond acceptors (Lipinski definition) is 4. The smallest absolute Gasteiger partial charge is 0.252 e. The molecule has 6 nitrogen and oxygen atoms in total. The first-order valence-electron chi connectivity index (χ1n) is 10.3. The average molecular weight is 388 g/mol. The molecule has 1 aromatic carbocycles. The molecule has 1 unspecified atom stereocenters. The Morgan fingerprint density at radius 1 is 1.29 bits per heavy atom. The van der Waals surface area contributed by atoms with Gasteiger partial charge in [0, 0.05) is 36.7 Å². The summed E-state index contributed by atoms with van der Waals surface area (Å²) in [6.07, 6.45) is 5.33. The molecule has 0 spiro atoms. The van der Waals surface area contributed by atoms with Gasteiger partial charge in [-0.3, -0.25) is 9.59 Å². The Kier molecular flexibility index (Phi) is 4.55. The van der Waals surface area contributed by atoms with Crippen molar-refractivity contribution in [1.29, 1.82) is 0 Å². The van der Waals surface area contributed by atoms with Crippen LogP contribution in [0.4, 0.5) is 0 Å². The first kappa shape index (κ1) is 19.4. The SMILES string of the molecule is C[N+](C)(CC1CCC1)[C@@H]1Cc2ccc(C(N)=O)c(O)c2C2CC(=O)CC[C@]21O. The molecule has 1 amide bonds. The van der Waals surface area contributed by atoms with Crippen molar-refractivity contribution in [2.24, 2.45) is 11.7 Å². The second-order valence-corrected chi connectivity index (χ2v) is 9.66. The van der Waals surface area contributed by atoms with E-state index in [1.165, 1.54) is 19.3 Å². The number of amides is 1. The Morgan fingerprint density at radius 3 is 2.61 bits per heavy atom. The van der Waals surface area contributed by atoms with Crippen LogP contribution in [0, 0.1) is 5.92 Å². The van der Waals surface area contributed by atoms with E-state index in [0.717, 1.165) is 12.1 Å². The number of primary amides is 1. The summed E-state index contributed by atoms with van der Waals surface area (Å²) in [5.41, 5.74) is 5.85. The number of carbonyl (C=O) groups excluding carboxylic acids is 2. The van der Waals surface area contributed by atoms with E-state index < -0.39 is 17.4 Å². The third-order valence-electron chi connectivity index (χ3n) is 7.55. The predicted molar refractivity (Wildman–Crippen MR) is 105 cm³/mol. The van der Waals surface area contributed by atoms with Crippen LogP contribution in [0.2, 0.25) is 0 Å². The quantitative estimate of drug-likeness (QED) is 0.687. The molecule has 152 valence electrons. The summed E-state index contributed by atoms with van der Waals surface area (Å²) in [6.45, 7) is 1.01. The number of fused-ring (bicyclic) bond motifs is 3. The third kappa shape index (κ3) is 2.94. The molecule has 4 N–H and O–H groups in total. The number of Topliss-reactive ketones (excluding diaryl/α,β-unsaturated/α-hetero) is 1. The van der Waals surface area contributed by atoms with Gasteiger partial charge in [-0.05, 0) is 30.9 Å². The van der Waals surface area contributed by atoms with Gasteiger partial charge >= 0.3 is 0 Å². The molecule has 2 saturated carbocycles. The number of nitrogens with zero attached hydrogens (tertiary/aromatic N) is 1. The molecule has 2 fully saturated rings. The van der Waals surface area contributed by atoms with Crippen LogP contribution in [0.15, 0.2) is 12.1 Å². The van der Waals surface area contributed by atoms with E-state index in [1.54, 1.807) is 6.07 Å². The number of aromatic hydroxyl groups is 1. The fraction of sp³-hybridized carbons (Fsp3) is 0.636. The van der Waals surface area contributed by atoms with E-state index in [1.807, 2.05) is 6.07 Å². The van der Waals surface area contributed by atoms with E-state index in [2.05, 4.69) is 14.1 Å². The van der Waals surface area contributed by atoms with E-state index in [9.17, 15) is 19.8 Å². The summed E-state index contributed by atoms with van der Waals surface area (Å²) >= 11 is 0. The highest BCUT2D eigenvalue weighted by atomic mass is 16.3. The van der Waals surface area contributed by atoms with E-state index in [-0.39, 0.29) is 29.6 Å². The van der Waals surface area contributed by atoms with Gasteiger partial charge < -0.3 is 20.4 Å². The number of phenols is 1. The Balaban J connectivity index is 1.81. The highest BCUT2D eigenvalue weighted by Gasteiger charge is 2.58. The van der Waals surface area contributed by atoms with Gasteiger partial charge in [0.25, 0.3) is 5.91 Å². The molecule has 0 aromatic heterocycles. The first-order chi connectivity index (χ1) is 13.1. The summed E-state index contributed by atoms with van der Waals surface area (Å²) in [5.74, 6) is -0.579. The minimum Gasteiger partial charge on any atom is -0.507 e. The topological polar surface area (TPSA) is 101 Å². The molecule has 0 saturated heterocycles. The average Bonchev–Trinajstić information content (AvgIpc) is 2.58. The Morgan fingerprint density at radius 2 is 2.00 bits per heavy atom. The van der Waals surface area contributed by atoms with E-state index in [0.29, 0.717) is 35.2 Å². The Hall–Kier alpha value is -1.92. The number of nitrogens with two attached hydrogens (primary N) is 1. The lowest BCUT2D eigenvalue weighted by Crippen LogP contribution is -2.67. The molecule has 3 atom stereocenters. The van der Waals surface area contributed by atoms with Crippen LogP contribution in [0.3, 0.4) is 0 Å². The molecule has 6 heteroatoms. The van der Waals surface area contributed by atoms with Crippen molar-refractivity contribution in [3.8, 4) is 5.75 Å². The molecule has 0 heterocycles. The van der Waals surface area contributed by atoms with Gasteiger partial charge in [0.1, 0.15) is 23.2 Å². The van der Waals surface area contributed by atoms with Crippen molar-refractivity contribution in [3.63, 3.8) is 0 Å². The van der Waals surface area contributed by atoms with Gasteiger partial charge in [-0.1, -0.05) is 12.5 Å². The normalized spacial score (nSPS) is 30.3. The number of hydrogen-bond donors (Lipinski definition) is 3. The van der Waals surface area contributed by atoms with Crippen molar-refractivity contribution in [3.05, 3.63) is 28.8 Å². The summed E-state index contributed by atoms with van der Waals surface area (Å²) < 4.78 is 0.698. The predicted octanol–water partition coefficient (Wildman–Crippen LogP) is 1.86. The summed E-state index contributed by atoms with van der Waals surface area (Å²) in [6, 6.07) is 3.34. The number of quaternary nitrogens is 1. The van der Waals surface area contributed by atoms with Crippen LogP contribution < -0.4 is 5.73 Å². The zero-order valence-electron chi connectivity index (χ0n) is 16.8. The summed E-state index contributed by atoms with van der Waals surface area (Å²) in [4.78, 5) is 24.0. The standard InChI is InChI=1S/C22H30N2O4/c1-24(2,12-13-4-3-5-13)18-10-14-6-7-16(21(23)27)20(26)19(14)17-11-15(25)8-9-22(17,18)28/h6-7,13,17-18,28H,3-5,8-12H2,1-2H3,(H2-,23,26,27)/p+1/t17?,18-,22+/m1/s1. The van der Waals surface area contributed by atoms with Gasteiger partial charge in [-0.2, -0.15) is 0 Å². The number of benzene rings is 1. The zero-order valence-corrected chi connectivity index (χ0v) is 16.8. The van der Waals surface area contributed by atoms with E-state index >= 15 is 0 Å². The van der Waals surface area contributed by atoms with Gasteiger partial charge in [-0.25, -0.2) is 0 Å². The maximum Gasteiger partial charge on any atom is 0.252 e. The number of likely N-dealkylation sites (N-methyl/N-ethyl adjacent to an activating group) is 1. The Labute approximate surface area is 165 Å². The maximum absolute atomic E-state index is 12.3. The fourth-order valence-corrected chi connectivity index (χ4v) is 5.89. The number of carbonyl (C=O) groups is 2. The number of rotatable bonds is 4. The molecular formula is C22H31N2O4+. The lowest BCUT2D eigenvalue weighted by molar-refractivity contribution is -0.926. The van der Waals surface area contributed by atoms with Crippen LogP contribution >= 0.6 is 0 Å². The molecule has 28 heavy (non-hydrogen) atoms. The molecule has 0 bridgehead atoms. The molecule has 4 rings (SSSR count). The molecule has 0 radical (unpaired) electrons. The lowest BCUT2D eigenvalue weighted by Gasteiger charge is -2.55. The van der Waals surface area contributed by atoms with Crippen LogP contribution in [0.1, 0.15) is 65.9 Å². The van der Waals surface area contributed by atoms with Crippen molar-refractivity contribution >= 4 is 11.7 Å². The minimum absolute atomic E-state index is 0.0563. The van der Waals surface area contributed by atoms with Gasteiger partial charge in [0.05, 0.1) is 26.2 Å². The van der Waals surface area contributed by atoms with Crippen LogP contribution in [0.25, 0.3) is 0 Å².